The molecule has 10 heavy (non-hydrogen) atoms. The summed E-state index contributed by atoms with van der Waals surface area (Å²) in [7, 11) is 5.69. The summed E-state index contributed by atoms with van der Waals surface area (Å²) in [5, 5.41) is 0. The Labute approximate surface area is 65.8 Å². The molecular formula is C9H17B. The van der Waals surface area contributed by atoms with Crippen LogP contribution in [0.2, 0.25) is 6.32 Å². The van der Waals surface area contributed by atoms with E-state index in [1.54, 1.807) is 0 Å². The topological polar surface area (TPSA) is 0 Å². The number of rotatable bonds is 2. The molecule has 0 amide bonds. The fraction of sp³-hybridized carbons (Fsp3) is 1.00. The molecule has 1 saturated carbocycles. The van der Waals surface area contributed by atoms with Gasteiger partial charge in [-0.1, -0.05) is 33.0 Å². The molecule has 0 N–H and O–H groups in total. The van der Waals surface area contributed by atoms with Crippen LogP contribution in [-0.2, 0) is 0 Å². The summed E-state index contributed by atoms with van der Waals surface area (Å²) in [6.45, 7) is 4.59. The average molecular weight is 136 g/mol. The normalized spacial score (nSPS) is 21.8. The molecule has 56 valence electrons. The SMILES string of the molecule is [B]CC(C)(C)C1CCCC1. The lowest BCUT2D eigenvalue weighted by Gasteiger charge is -2.30. The van der Waals surface area contributed by atoms with Crippen molar-refractivity contribution < 1.29 is 0 Å². The third-order valence-electron chi connectivity index (χ3n) is 2.99. The van der Waals surface area contributed by atoms with E-state index in [4.69, 9.17) is 7.85 Å². The maximum absolute atomic E-state index is 5.69. The highest BCUT2D eigenvalue weighted by atomic mass is 14.3. The molecule has 0 aromatic rings. The fourth-order valence-corrected chi connectivity index (χ4v) is 1.87. The van der Waals surface area contributed by atoms with Crippen molar-refractivity contribution in [3.05, 3.63) is 0 Å². The molecule has 1 rings (SSSR count). The molecule has 0 saturated heterocycles. The van der Waals surface area contributed by atoms with Gasteiger partial charge in [0.15, 0.2) is 0 Å². The van der Waals surface area contributed by atoms with Crippen LogP contribution in [0.5, 0.6) is 0 Å². The van der Waals surface area contributed by atoms with E-state index >= 15 is 0 Å². The minimum atomic E-state index is 0.399. The van der Waals surface area contributed by atoms with Gasteiger partial charge in [0.1, 0.15) is 0 Å². The molecule has 1 heteroatoms. The van der Waals surface area contributed by atoms with Crippen LogP contribution in [0.4, 0.5) is 0 Å². The molecule has 0 unspecified atom stereocenters. The molecule has 1 fully saturated rings. The first-order valence-corrected chi connectivity index (χ1v) is 4.37. The third-order valence-corrected chi connectivity index (χ3v) is 2.99. The Kier molecular flexibility index (Phi) is 2.43. The minimum Gasteiger partial charge on any atom is -0.0834 e. The Morgan fingerprint density at radius 2 is 1.80 bits per heavy atom. The van der Waals surface area contributed by atoms with Crippen molar-refractivity contribution in [2.24, 2.45) is 11.3 Å². The van der Waals surface area contributed by atoms with Gasteiger partial charge >= 0.3 is 0 Å². The Balaban J connectivity index is 2.45. The second-order valence-corrected chi connectivity index (χ2v) is 4.17. The van der Waals surface area contributed by atoms with Gasteiger partial charge in [0.25, 0.3) is 0 Å². The highest BCUT2D eigenvalue weighted by Crippen LogP contribution is 2.41. The molecule has 0 aromatic carbocycles. The second kappa shape index (κ2) is 2.98. The van der Waals surface area contributed by atoms with Crippen LogP contribution in [-0.4, -0.2) is 7.85 Å². The molecule has 1 aliphatic carbocycles. The highest BCUT2D eigenvalue weighted by Gasteiger charge is 2.29. The van der Waals surface area contributed by atoms with Gasteiger partial charge < -0.3 is 0 Å². The first-order chi connectivity index (χ1) is 4.67. The summed E-state index contributed by atoms with van der Waals surface area (Å²) in [5.41, 5.74) is 0.399. The molecule has 0 spiro atoms. The van der Waals surface area contributed by atoms with Gasteiger partial charge in [-0.15, -0.1) is 0 Å². The fourth-order valence-electron chi connectivity index (χ4n) is 1.87. The van der Waals surface area contributed by atoms with Crippen molar-refractivity contribution in [2.75, 3.05) is 0 Å². The van der Waals surface area contributed by atoms with Crippen molar-refractivity contribution in [1.82, 2.24) is 0 Å². The van der Waals surface area contributed by atoms with E-state index in [1.807, 2.05) is 0 Å². The van der Waals surface area contributed by atoms with Crippen molar-refractivity contribution in [3.63, 3.8) is 0 Å². The Morgan fingerprint density at radius 3 is 2.20 bits per heavy atom. The molecular weight excluding hydrogens is 119 g/mol. The summed E-state index contributed by atoms with van der Waals surface area (Å²) in [6.07, 6.45) is 6.51. The van der Waals surface area contributed by atoms with E-state index in [-0.39, 0.29) is 0 Å². The molecule has 0 heterocycles. The van der Waals surface area contributed by atoms with E-state index in [0.717, 1.165) is 12.2 Å². The van der Waals surface area contributed by atoms with Gasteiger partial charge in [-0.25, -0.2) is 0 Å². The first-order valence-electron chi connectivity index (χ1n) is 4.37. The van der Waals surface area contributed by atoms with Gasteiger partial charge in [0.2, 0.25) is 0 Å². The summed E-state index contributed by atoms with van der Waals surface area (Å²) in [6, 6.07) is 0. The Morgan fingerprint density at radius 1 is 1.30 bits per heavy atom. The van der Waals surface area contributed by atoms with E-state index < -0.39 is 0 Å². The predicted molar refractivity (Wildman–Crippen MR) is 46.3 cm³/mol. The van der Waals surface area contributed by atoms with Crippen LogP contribution < -0.4 is 0 Å². The third kappa shape index (κ3) is 1.56. The van der Waals surface area contributed by atoms with Crippen molar-refractivity contribution in [1.29, 1.82) is 0 Å². The van der Waals surface area contributed by atoms with Crippen molar-refractivity contribution >= 4 is 7.85 Å². The van der Waals surface area contributed by atoms with E-state index in [1.165, 1.54) is 25.7 Å². The van der Waals surface area contributed by atoms with Crippen LogP contribution in [0.3, 0.4) is 0 Å². The highest BCUT2D eigenvalue weighted by molar-refractivity contribution is 6.08. The molecule has 2 radical (unpaired) electrons. The van der Waals surface area contributed by atoms with Gasteiger partial charge in [-0.05, 0) is 24.2 Å². The van der Waals surface area contributed by atoms with Gasteiger partial charge in [-0.2, -0.15) is 0 Å². The second-order valence-electron chi connectivity index (χ2n) is 4.17. The largest absolute Gasteiger partial charge is 0.0834 e. The minimum absolute atomic E-state index is 0.399. The lowest BCUT2D eigenvalue weighted by molar-refractivity contribution is 0.247. The summed E-state index contributed by atoms with van der Waals surface area (Å²) in [5.74, 6) is 0.900. The number of hydrogen-bond acceptors (Lipinski definition) is 0. The molecule has 1 aliphatic rings. The predicted octanol–water partition coefficient (Wildman–Crippen LogP) is 2.79. The maximum atomic E-state index is 5.69. The van der Waals surface area contributed by atoms with Crippen molar-refractivity contribution in [2.45, 2.75) is 45.9 Å². The van der Waals surface area contributed by atoms with Gasteiger partial charge in [0, 0.05) is 0 Å². The molecule has 0 atom stereocenters. The quantitative estimate of drug-likeness (QED) is 0.512. The maximum Gasteiger partial charge on any atom is 0.0660 e. The molecule has 0 nitrogen and oxygen atoms in total. The van der Waals surface area contributed by atoms with Crippen LogP contribution in [0.25, 0.3) is 0 Å². The Hall–Kier alpha value is 0.0649. The van der Waals surface area contributed by atoms with Crippen LogP contribution >= 0.6 is 0 Å². The Bertz CT molecular complexity index is 101. The van der Waals surface area contributed by atoms with E-state index in [9.17, 15) is 0 Å². The smallest absolute Gasteiger partial charge is 0.0660 e. The average Bonchev–Trinajstić information content (AvgIpc) is 2.38. The summed E-state index contributed by atoms with van der Waals surface area (Å²) in [4.78, 5) is 0. The van der Waals surface area contributed by atoms with Gasteiger partial charge in [0.05, 0.1) is 7.85 Å². The zero-order valence-corrected chi connectivity index (χ0v) is 7.19. The lowest BCUT2D eigenvalue weighted by atomic mass is 9.69. The van der Waals surface area contributed by atoms with Crippen LogP contribution in [0.1, 0.15) is 39.5 Å². The molecule has 0 aliphatic heterocycles. The summed E-state index contributed by atoms with van der Waals surface area (Å²) >= 11 is 0. The monoisotopic (exact) mass is 136 g/mol. The lowest BCUT2D eigenvalue weighted by Crippen LogP contribution is -2.20. The first kappa shape index (κ1) is 8.16. The zero-order valence-electron chi connectivity index (χ0n) is 7.19. The standard InChI is InChI=1S/C9H17B/c1-9(2,7-10)8-5-3-4-6-8/h8H,3-7H2,1-2H3. The van der Waals surface area contributed by atoms with Gasteiger partial charge in [-0.3, -0.25) is 0 Å². The summed E-state index contributed by atoms with van der Waals surface area (Å²) < 4.78 is 0. The van der Waals surface area contributed by atoms with E-state index in [2.05, 4.69) is 13.8 Å². The van der Waals surface area contributed by atoms with E-state index in [0.29, 0.717) is 5.41 Å². The van der Waals surface area contributed by atoms with Crippen molar-refractivity contribution in [3.8, 4) is 0 Å². The van der Waals surface area contributed by atoms with Crippen LogP contribution in [0.15, 0.2) is 0 Å². The molecule has 0 aromatic heterocycles. The van der Waals surface area contributed by atoms with Crippen LogP contribution in [0, 0.1) is 11.3 Å². The number of hydrogen-bond donors (Lipinski definition) is 0. The molecule has 0 bridgehead atoms. The zero-order chi connectivity index (χ0) is 7.61.